The Morgan fingerprint density at radius 1 is 1.15 bits per heavy atom. The van der Waals surface area contributed by atoms with Gasteiger partial charge in [-0.3, -0.25) is 14.5 Å². The zero-order valence-electron chi connectivity index (χ0n) is 16.1. The Morgan fingerprint density at radius 2 is 1.96 bits per heavy atom. The minimum absolute atomic E-state index is 0.0755. The van der Waals surface area contributed by atoms with Crippen molar-refractivity contribution in [3.8, 4) is 0 Å². The van der Waals surface area contributed by atoms with Crippen molar-refractivity contribution in [2.75, 3.05) is 44.3 Å². The minimum Gasteiger partial charge on any atom is -0.378 e. The van der Waals surface area contributed by atoms with Crippen molar-refractivity contribution >= 4 is 17.5 Å². The molecule has 0 aromatic heterocycles. The lowest BCUT2D eigenvalue weighted by atomic mass is 10.0. The molecule has 3 aliphatic heterocycles. The summed E-state index contributed by atoms with van der Waals surface area (Å²) in [6, 6.07) is 8.29. The summed E-state index contributed by atoms with van der Waals surface area (Å²) >= 11 is 0. The van der Waals surface area contributed by atoms with E-state index in [-0.39, 0.29) is 11.8 Å². The molecule has 4 rings (SSSR count). The molecule has 27 heavy (non-hydrogen) atoms. The summed E-state index contributed by atoms with van der Waals surface area (Å²) in [5.74, 6) is 0.246. The van der Waals surface area contributed by atoms with E-state index >= 15 is 0 Å². The molecule has 3 aliphatic rings. The van der Waals surface area contributed by atoms with Crippen molar-refractivity contribution in [3.63, 3.8) is 0 Å². The van der Waals surface area contributed by atoms with Crippen molar-refractivity contribution < 1.29 is 14.3 Å². The van der Waals surface area contributed by atoms with Crippen LogP contribution in [0.3, 0.4) is 0 Å². The fourth-order valence-corrected chi connectivity index (χ4v) is 4.59. The summed E-state index contributed by atoms with van der Waals surface area (Å²) in [5, 5.41) is 0. The summed E-state index contributed by atoms with van der Waals surface area (Å²) in [6.07, 6.45) is 3.84. The third kappa shape index (κ3) is 3.73. The summed E-state index contributed by atoms with van der Waals surface area (Å²) in [7, 11) is 0. The Hall–Kier alpha value is -1.92. The predicted octanol–water partition coefficient (Wildman–Crippen LogP) is 2.14. The average molecular weight is 371 g/mol. The summed E-state index contributed by atoms with van der Waals surface area (Å²) in [6.45, 7) is 6.92. The highest BCUT2D eigenvalue weighted by atomic mass is 16.5. The van der Waals surface area contributed by atoms with Crippen LogP contribution in [0, 0.1) is 0 Å². The van der Waals surface area contributed by atoms with Crippen LogP contribution in [-0.2, 0) is 9.53 Å². The molecule has 0 unspecified atom stereocenters. The van der Waals surface area contributed by atoms with E-state index in [1.54, 1.807) is 4.90 Å². The van der Waals surface area contributed by atoms with E-state index in [4.69, 9.17) is 4.74 Å². The number of hydrogen-bond donors (Lipinski definition) is 0. The van der Waals surface area contributed by atoms with Crippen molar-refractivity contribution in [1.29, 1.82) is 0 Å². The van der Waals surface area contributed by atoms with Gasteiger partial charge in [-0.05, 0) is 37.1 Å². The Kier molecular flexibility index (Phi) is 5.45. The lowest BCUT2D eigenvalue weighted by molar-refractivity contribution is -0.117. The molecule has 0 radical (unpaired) electrons. The number of benzene rings is 1. The number of hydrogen-bond acceptors (Lipinski definition) is 4. The minimum atomic E-state index is 0.0755. The third-order valence-electron chi connectivity index (χ3n) is 6.03. The number of piperazine rings is 1. The van der Waals surface area contributed by atoms with E-state index in [1.807, 2.05) is 29.2 Å². The van der Waals surface area contributed by atoms with Crippen LogP contribution in [0.4, 0.5) is 5.69 Å². The largest absolute Gasteiger partial charge is 0.378 e. The van der Waals surface area contributed by atoms with Gasteiger partial charge in [0, 0.05) is 49.9 Å². The van der Waals surface area contributed by atoms with E-state index in [9.17, 15) is 9.59 Å². The first-order valence-corrected chi connectivity index (χ1v) is 10.2. The van der Waals surface area contributed by atoms with Gasteiger partial charge < -0.3 is 14.5 Å². The number of morpholine rings is 1. The van der Waals surface area contributed by atoms with Crippen molar-refractivity contribution in [3.05, 3.63) is 29.8 Å². The molecule has 2 atom stereocenters. The van der Waals surface area contributed by atoms with Crippen LogP contribution in [-0.4, -0.2) is 73.1 Å². The zero-order valence-corrected chi connectivity index (χ0v) is 16.1. The second-order valence-corrected chi connectivity index (χ2v) is 7.82. The molecule has 0 saturated carbocycles. The van der Waals surface area contributed by atoms with Gasteiger partial charge in [0.25, 0.3) is 5.91 Å². The van der Waals surface area contributed by atoms with E-state index in [1.165, 1.54) is 0 Å². The van der Waals surface area contributed by atoms with Crippen LogP contribution in [0.25, 0.3) is 0 Å². The van der Waals surface area contributed by atoms with E-state index in [0.29, 0.717) is 30.7 Å². The van der Waals surface area contributed by atoms with E-state index in [0.717, 1.165) is 57.7 Å². The second kappa shape index (κ2) is 7.98. The highest BCUT2D eigenvalue weighted by Crippen LogP contribution is 2.24. The fraction of sp³-hybridized carbons (Fsp3) is 0.619. The molecule has 3 heterocycles. The van der Waals surface area contributed by atoms with Crippen molar-refractivity contribution in [2.45, 2.75) is 44.7 Å². The number of fused-ring (bicyclic) bond motifs is 1. The number of nitrogens with zero attached hydrogens (tertiary/aromatic N) is 3. The summed E-state index contributed by atoms with van der Waals surface area (Å²) in [5.41, 5.74) is 1.59. The summed E-state index contributed by atoms with van der Waals surface area (Å²) < 4.78 is 5.80. The number of anilines is 1. The Labute approximate surface area is 161 Å². The number of carbonyl (C=O) groups excluding carboxylic acids is 2. The molecule has 1 aromatic carbocycles. The Balaban J connectivity index is 1.40. The maximum atomic E-state index is 13.0. The van der Waals surface area contributed by atoms with E-state index < -0.39 is 0 Å². The van der Waals surface area contributed by atoms with E-state index in [2.05, 4.69) is 11.8 Å². The average Bonchev–Trinajstić information content (AvgIpc) is 3.13. The monoisotopic (exact) mass is 371 g/mol. The molecule has 2 amide bonds. The van der Waals surface area contributed by atoms with Gasteiger partial charge in [0.1, 0.15) is 0 Å². The molecule has 3 fully saturated rings. The molecular formula is C21H29N3O3. The summed E-state index contributed by atoms with van der Waals surface area (Å²) in [4.78, 5) is 31.1. The quantitative estimate of drug-likeness (QED) is 0.814. The number of ether oxygens (including phenoxy) is 1. The molecule has 1 aromatic rings. The smallest absolute Gasteiger partial charge is 0.253 e. The highest BCUT2D eigenvalue weighted by molar-refractivity contribution is 5.97. The predicted molar refractivity (Wildman–Crippen MR) is 104 cm³/mol. The first kappa shape index (κ1) is 18.4. The van der Waals surface area contributed by atoms with Gasteiger partial charge in [-0.25, -0.2) is 0 Å². The number of carbonyl (C=O) groups is 2. The normalized spacial score (nSPS) is 26.3. The number of rotatable bonds is 4. The van der Waals surface area contributed by atoms with Crippen molar-refractivity contribution in [1.82, 2.24) is 9.80 Å². The maximum absolute atomic E-state index is 13.0. The lowest BCUT2D eigenvalue weighted by Gasteiger charge is -2.48. The molecule has 0 bridgehead atoms. The van der Waals surface area contributed by atoms with Gasteiger partial charge >= 0.3 is 0 Å². The van der Waals surface area contributed by atoms with Gasteiger partial charge in [0.15, 0.2) is 0 Å². The first-order valence-electron chi connectivity index (χ1n) is 10.2. The Morgan fingerprint density at radius 3 is 2.67 bits per heavy atom. The standard InChI is InChI=1S/C21H29N3O3/c1-2-4-18-14-27-15-19-13-22(11-12-23(18)19)21(26)16-6-8-17(9-7-16)24-10-3-5-20(24)25/h6-9,18-19H,2-5,10-15H2,1H3/t18-,19+/m0/s1. The van der Waals surface area contributed by atoms with Gasteiger partial charge in [-0.1, -0.05) is 13.3 Å². The van der Waals surface area contributed by atoms with Crippen LogP contribution in [0.15, 0.2) is 24.3 Å². The van der Waals surface area contributed by atoms with Gasteiger partial charge in [0.2, 0.25) is 5.91 Å². The molecule has 0 aliphatic carbocycles. The van der Waals surface area contributed by atoms with Gasteiger partial charge in [0.05, 0.1) is 19.3 Å². The zero-order chi connectivity index (χ0) is 18.8. The maximum Gasteiger partial charge on any atom is 0.253 e. The molecule has 0 N–H and O–H groups in total. The number of amides is 2. The molecule has 6 nitrogen and oxygen atoms in total. The first-order chi connectivity index (χ1) is 13.2. The Bertz CT molecular complexity index is 688. The van der Waals surface area contributed by atoms with Gasteiger partial charge in [-0.15, -0.1) is 0 Å². The van der Waals surface area contributed by atoms with Crippen LogP contribution < -0.4 is 4.90 Å². The topological polar surface area (TPSA) is 53.1 Å². The van der Waals surface area contributed by atoms with Crippen LogP contribution in [0.1, 0.15) is 43.0 Å². The molecular weight excluding hydrogens is 342 g/mol. The third-order valence-corrected chi connectivity index (χ3v) is 6.03. The second-order valence-electron chi connectivity index (χ2n) is 7.82. The molecule has 6 heteroatoms. The lowest BCUT2D eigenvalue weighted by Crippen LogP contribution is -2.62. The van der Waals surface area contributed by atoms with Crippen LogP contribution >= 0.6 is 0 Å². The van der Waals surface area contributed by atoms with Crippen molar-refractivity contribution in [2.24, 2.45) is 0 Å². The fourth-order valence-electron chi connectivity index (χ4n) is 4.59. The molecule has 3 saturated heterocycles. The van der Waals surface area contributed by atoms with Gasteiger partial charge in [-0.2, -0.15) is 0 Å². The molecule has 146 valence electrons. The SMILES string of the molecule is CCC[C@H]1COC[C@H]2CN(C(=O)c3ccc(N4CCCC4=O)cc3)CCN12. The van der Waals surface area contributed by atoms with Crippen LogP contribution in [0.2, 0.25) is 0 Å². The molecule has 0 spiro atoms. The van der Waals surface area contributed by atoms with Crippen LogP contribution in [0.5, 0.6) is 0 Å². The highest BCUT2D eigenvalue weighted by Gasteiger charge is 2.36.